The van der Waals surface area contributed by atoms with Crippen molar-refractivity contribution in [1.82, 2.24) is 4.90 Å². The van der Waals surface area contributed by atoms with Gasteiger partial charge in [0.15, 0.2) is 6.10 Å². The topological polar surface area (TPSA) is 38.8 Å². The van der Waals surface area contributed by atoms with E-state index in [2.05, 4.69) is 6.58 Å². The third kappa shape index (κ3) is 1.81. The molecule has 3 aliphatic heterocycles. The van der Waals surface area contributed by atoms with Crippen LogP contribution in [-0.2, 0) is 20.8 Å². The zero-order chi connectivity index (χ0) is 15.2. The summed E-state index contributed by atoms with van der Waals surface area (Å²) in [6.45, 7) is 4.90. The van der Waals surface area contributed by atoms with Crippen molar-refractivity contribution >= 4 is 5.91 Å². The molecule has 0 bridgehead atoms. The first kappa shape index (κ1) is 13.7. The van der Waals surface area contributed by atoms with Crippen LogP contribution in [0.15, 0.2) is 55.1 Å². The van der Waals surface area contributed by atoms with Crippen molar-refractivity contribution < 1.29 is 14.3 Å². The summed E-state index contributed by atoms with van der Waals surface area (Å²) in [5.41, 5.74) is 0.733. The standard InChI is InChI=1S/C18H19NO3/c1-2-14-11-18-15(22-14)9-6-10-21-16(18)17(20)19(18)12-13-7-4-3-5-8-13/h2-9,14-16H,1,10-12H2/t14-,15+,16-,18-/m0/s1. The summed E-state index contributed by atoms with van der Waals surface area (Å²) >= 11 is 0. The van der Waals surface area contributed by atoms with Crippen LogP contribution in [0.5, 0.6) is 0 Å². The van der Waals surface area contributed by atoms with E-state index < -0.39 is 11.6 Å². The minimum Gasteiger partial charge on any atom is -0.364 e. The van der Waals surface area contributed by atoms with Gasteiger partial charge in [0.05, 0.1) is 12.7 Å². The molecule has 4 heteroatoms. The number of β-lactam (4-membered cyclic amide) rings is 1. The van der Waals surface area contributed by atoms with Crippen LogP contribution >= 0.6 is 0 Å². The van der Waals surface area contributed by atoms with Gasteiger partial charge in [-0.2, -0.15) is 0 Å². The van der Waals surface area contributed by atoms with Crippen molar-refractivity contribution in [2.24, 2.45) is 0 Å². The molecule has 114 valence electrons. The Labute approximate surface area is 130 Å². The largest absolute Gasteiger partial charge is 0.364 e. The molecule has 0 saturated carbocycles. The lowest BCUT2D eigenvalue weighted by Crippen LogP contribution is -2.77. The summed E-state index contributed by atoms with van der Waals surface area (Å²) in [7, 11) is 0. The molecule has 1 spiro atoms. The zero-order valence-corrected chi connectivity index (χ0v) is 12.4. The second-order valence-corrected chi connectivity index (χ2v) is 6.08. The van der Waals surface area contributed by atoms with Gasteiger partial charge in [-0.15, -0.1) is 6.58 Å². The third-order valence-corrected chi connectivity index (χ3v) is 4.91. The molecule has 1 aromatic rings. The predicted molar refractivity (Wildman–Crippen MR) is 82.1 cm³/mol. The molecular weight excluding hydrogens is 278 g/mol. The number of hydrogen-bond acceptors (Lipinski definition) is 3. The fourth-order valence-electron chi connectivity index (χ4n) is 3.84. The predicted octanol–water partition coefficient (Wildman–Crippen LogP) is 2.07. The van der Waals surface area contributed by atoms with Gasteiger partial charge in [0, 0.05) is 13.0 Å². The number of ether oxygens (including phenoxy) is 2. The second kappa shape index (κ2) is 5.07. The molecule has 4 nitrogen and oxygen atoms in total. The van der Waals surface area contributed by atoms with Gasteiger partial charge in [-0.3, -0.25) is 4.79 Å². The molecule has 0 N–H and O–H groups in total. The SMILES string of the molecule is C=C[C@H]1C[C@]23[C@@H](C=CCO[C@H]2C(=O)N3Cc2ccccc2)O1. The number of rotatable bonds is 3. The number of hydrogen-bond donors (Lipinski definition) is 0. The molecule has 4 atom stereocenters. The molecule has 0 radical (unpaired) electrons. The number of nitrogens with zero attached hydrogens (tertiary/aromatic N) is 1. The van der Waals surface area contributed by atoms with Gasteiger partial charge in [-0.25, -0.2) is 0 Å². The number of amides is 1. The van der Waals surface area contributed by atoms with E-state index in [1.165, 1.54) is 0 Å². The average molecular weight is 297 g/mol. The second-order valence-electron chi connectivity index (χ2n) is 6.08. The first-order valence-corrected chi connectivity index (χ1v) is 7.67. The quantitative estimate of drug-likeness (QED) is 0.633. The summed E-state index contributed by atoms with van der Waals surface area (Å²) < 4.78 is 11.8. The highest BCUT2D eigenvalue weighted by atomic mass is 16.5. The molecule has 1 aromatic carbocycles. The van der Waals surface area contributed by atoms with Gasteiger partial charge in [0.25, 0.3) is 5.91 Å². The highest BCUT2D eigenvalue weighted by molar-refractivity contribution is 5.91. The zero-order valence-electron chi connectivity index (χ0n) is 12.4. The normalized spacial score (nSPS) is 36.3. The third-order valence-electron chi connectivity index (χ3n) is 4.91. The lowest BCUT2D eigenvalue weighted by molar-refractivity contribution is -0.199. The smallest absolute Gasteiger partial charge is 0.255 e. The van der Waals surface area contributed by atoms with E-state index in [4.69, 9.17) is 9.47 Å². The molecule has 0 aromatic heterocycles. The summed E-state index contributed by atoms with van der Waals surface area (Å²) in [5, 5.41) is 0. The van der Waals surface area contributed by atoms with Crippen LogP contribution < -0.4 is 0 Å². The van der Waals surface area contributed by atoms with Gasteiger partial charge in [-0.1, -0.05) is 48.6 Å². The van der Waals surface area contributed by atoms with Gasteiger partial charge in [-0.05, 0) is 5.56 Å². The van der Waals surface area contributed by atoms with Crippen molar-refractivity contribution in [3.63, 3.8) is 0 Å². The van der Waals surface area contributed by atoms with Gasteiger partial charge < -0.3 is 14.4 Å². The Bertz CT molecular complexity index is 626. The number of carbonyl (C=O) groups excluding carboxylic acids is 1. The van der Waals surface area contributed by atoms with E-state index >= 15 is 0 Å². The lowest BCUT2D eigenvalue weighted by Gasteiger charge is -2.56. The molecular formula is C18H19NO3. The fourth-order valence-corrected chi connectivity index (χ4v) is 3.84. The van der Waals surface area contributed by atoms with Crippen LogP contribution in [0.25, 0.3) is 0 Å². The summed E-state index contributed by atoms with van der Waals surface area (Å²) in [6, 6.07) is 10.1. The van der Waals surface area contributed by atoms with E-state index in [9.17, 15) is 4.79 Å². The maximum absolute atomic E-state index is 12.6. The minimum atomic E-state index is -0.402. The van der Waals surface area contributed by atoms with Crippen molar-refractivity contribution in [1.29, 1.82) is 0 Å². The van der Waals surface area contributed by atoms with Crippen molar-refractivity contribution in [3.05, 3.63) is 60.7 Å². The highest BCUT2D eigenvalue weighted by Gasteiger charge is 2.68. The Hall–Kier alpha value is -1.91. The number of carbonyl (C=O) groups is 1. The van der Waals surface area contributed by atoms with Crippen LogP contribution in [0.3, 0.4) is 0 Å². The molecule has 22 heavy (non-hydrogen) atoms. The van der Waals surface area contributed by atoms with Crippen LogP contribution in [0.2, 0.25) is 0 Å². The van der Waals surface area contributed by atoms with Crippen LogP contribution in [0, 0.1) is 0 Å². The van der Waals surface area contributed by atoms with Crippen molar-refractivity contribution in [2.45, 2.75) is 36.8 Å². The highest BCUT2D eigenvalue weighted by Crippen LogP contribution is 2.49. The van der Waals surface area contributed by atoms with Crippen LogP contribution in [-0.4, -0.2) is 41.3 Å². The molecule has 3 heterocycles. The lowest BCUT2D eigenvalue weighted by atomic mass is 9.73. The van der Waals surface area contributed by atoms with E-state index in [1.807, 2.05) is 53.5 Å². The van der Waals surface area contributed by atoms with Gasteiger partial charge in [0.1, 0.15) is 11.6 Å². The summed E-state index contributed by atoms with van der Waals surface area (Å²) in [6.07, 6.45) is 5.99. The van der Waals surface area contributed by atoms with E-state index in [0.29, 0.717) is 13.2 Å². The van der Waals surface area contributed by atoms with Crippen LogP contribution in [0.1, 0.15) is 12.0 Å². The molecule has 3 aliphatic rings. The first-order valence-electron chi connectivity index (χ1n) is 7.67. The van der Waals surface area contributed by atoms with E-state index in [1.54, 1.807) is 0 Å². The Morgan fingerprint density at radius 2 is 2.18 bits per heavy atom. The molecule has 4 rings (SSSR count). The average Bonchev–Trinajstić information content (AvgIpc) is 2.87. The monoisotopic (exact) mass is 297 g/mol. The number of likely N-dealkylation sites (tertiary alicyclic amines) is 1. The Balaban J connectivity index is 1.68. The molecule has 2 fully saturated rings. The Morgan fingerprint density at radius 3 is 2.95 bits per heavy atom. The van der Waals surface area contributed by atoms with E-state index in [0.717, 1.165) is 12.0 Å². The Kier molecular flexibility index (Phi) is 3.17. The van der Waals surface area contributed by atoms with Crippen LogP contribution in [0.4, 0.5) is 0 Å². The number of benzene rings is 1. The molecule has 0 unspecified atom stereocenters. The molecule has 2 saturated heterocycles. The maximum Gasteiger partial charge on any atom is 0.255 e. The van der Waals surface area contributed by atoms with Gasteiger partial charge >= 0.3 is 0 Å². The fraction of sp³-hybridized carbons (Fsp3) is 0.389. The van der Waals surface area contributed by atoms with Crippen molar-refractivity contribution in [3.8, 4) is 0 Å². The maximum atomic E-state index is 12.6. The Morgan fingerprint density at radius 1 is 1.36 bits per heavy atom. The molecule has 1 amide bonds. The van der Waals surface area contributed by atoms with Gasteiger partial charge in [0.2, 0.25) is 0 Å². The first-order chi connectivity index (χ1) is 10.8. The summed E-state index contributed by atoms with van der Waals surface area (Å²) in [5.74, 6) is 0.0610. The van der Waals surface area contributed by atoms with Crippen molar-refractivity contribution in [2.75, 3.05) is 6.61 Å². The van der Waals surface area contributed by atoms with E-state index in [-0.39, 0.29) is 18.1 Å². The molecule has 0 aliphatic carbocycles. The summed E-state index contributed by atoms with van der Waals surface area (Å²) in [4.78, 5) is 14.5. The minimum absolute atomic E-state index is 0.0368.